The van der Waals surface area contributed by atoms with Crippen LogP contribution in [0.25, 0.3) is 0 Å². The Balaban J connectivity index is 1.67. The topological polar surface area (TPSA) is 69.7 Å². The number of carbonyl (C=O) groups is 1. The van der Waals surface area contributed by atoms with E-state index >= 15 is 0 Å². The number of anilines is 1. The van der Waals surface area contributed by atoms with E-state index in [1.54, 1.807) is 0 Å². The lowest BCUT2D eigenvalue weighted by atomic mass is 10.1. The zero-order chi connectivity index (χ0) is 24.0. The third-order valence-electron chi connectivity index (χ3n) is 6.14. The van der Waals surface area contributed by atoms with Crippen molar-refractivity contribution in [1.29, 1.82) is 0 Å². The van der Waals surface area contributed by atoms with Crippen LogP contribution >= 0.6 is 0 Å². The SMILES string of the molecule is CC[C@H](C(=O)NCc1ccc(CN2CCCCC2)cc1)N(c1cc(C)cc(C)c1)S(C)(=O)=O. The number of hydrogen-bond donors (Lipinski definition) is 1. The minimum atomic E-state index is -3.64. The molecule has 0 aliphatic carbocycles. The second kappa shape index (κ2) is 11.2. The summed E-state index contributed by atoms with van der Waals surface area (Å²) in [7, 11) is -3.64. The summed E-state index contributed by atoms with van der Waals surface area (Å²) >= 11 is 0. The van der Waals surface area contributed by atoms with E-state index in [-0.39, 0.29) is 5.91 Å². The Morgan fingerprint density at radius 2 is 1.58 bits per heavy atom. The highest BCUT2D eigenvalue weighted by molar-refractivity contribution is 7.92. The van der Waals surface area contributed by atoms with E-state index in [0.717, 1.165) is 42.6 Å². The van der Waals surface area contributed by atoms with E-state index in [0.29, 0.717) is 18.7 Å². The highest BCUT2D eigenvalue weighted by Crippen LogP contribution is 2.25. The van der Waals surface area contributed by atoms with Gasteiger partial charge < -0.3 is 5.32 Å². The predicted octanol–water partition coefficient (Wildman–Crippen LogP) is 4.15. The first kappa shape index (κ1) is 25.2. The Bertz CT molecular complexity index is 1020. The zero-order valence-electron chi connectivity index (χ0n) is 20.3. The van der Waals surface area contributed by atoms with Gasteiger partial charge in [0.05, 0.1) is 11.9 Å². The van der Waals surface area contributed by atoms with Crippen molar-refractivity contribution in [3.63, 3.8) is 0 Å². The highest BCUT2D eigenvalue weighted by atomic mass is 32.2. The van der Waals surface area contributed by atoms with E-state index in [4.69, 9.17) is 0 Å². The van der Waals surface area contributed by atoms with Gasteiger partial charge in [0.15, 0.2) is 0 Å². The van der Waals surface area contributed by atoms with E-state index < -0.39 is 16.1 Å². The van der Waals surface area contributed by atoms with Crippen LogP contribution < -0.4 is 9.62 Å². The molecule has 1 atom stereocenters. The van der Waals surface area contributed by atoms with Gasteiger partial charge in [0.1, 0.15) is 6.04 Å². The third kappa shape index (κ3) is 7.05. The van der Waals surface area contributed by atoms with E-state index in [2.05, 4.69) is 22.3 Å². The summed E-state index contributed by atoms with van der Waals surface area (Å²) in [5.74, 6) is -0.292. The van der Waals surface area contributed by atoms with Crippen molar-refractivity contribution in [2.24, 2.45) is 0 Å². The number of nitrogens with zero attached hydrogens (tertiary/aromatic N) is 2. The minimum Gasteiger partial charge on any atom is -0.350 e. The number of aryl methyl sites for hydroxylation is 2. The molecule has 2 aromatic rings. The first-order valence-electron chi connectivity index (χ1n) is 11.8. The third-order valence-corrected chi connectivity index (χ3v) is 7.32. The molecule has 6 nitrogen and oxygen atoms in total. The molecular weight excluding hydrogens is 434 g/mol. The van der Waals surface area contributed by atoms with Crippen LogP contribution in [-0.2, 0) is 27.9 Å². The summed E-state index contributed by atoms with van der Waals surface area (Å²) in [6, 6.07) is 13.1. The molecule has 1 N–H and O–H groups in total. The molecule has 180 valence electrons. The number of hydrogen-bond acceptors (Lipinski definition) is 4. The Morgan fingerprint density at radius 1 is 1.00 bits per heavy atom. The smallest absolute Gasteiger partial charge is 0.244 e. The van der Waals surface area contributed by atoms with Gasteiger partial charge in [-0.15, -0.1) is 0 Å². The second-order valence-corrected chi connectivity index (χ2v) is 11.1. The van der Waals surface area contributed by atoms with Crippen LogP contribution in [0.15, 0.2) is 42.5 Å². The maximum atomic E-state index is 13.1. The molecule has 1 aliphatic heterocycles. The first-order chi connectivity index (χ1) is 15.7. The fourth-order valence-corrected chi connectivity index (χ4v) is 5.78. The molecule has 0 unspecified atom stereocenters. The molecule has 0 saturated carbocycles. The van der Waals surface area contributed by atoms with Crippen molar-refractivity contribution in [2.45, 2.75) is 65.6 Å². The molecule has 2 aromatic carbocycles. The number of likely N-dealkylation sites (tertiary alicyclic amines) is 1. The highest BCUT2D eigenvalue weighted by Gasteiger charge is 2.31. The molecule has 0 bridgehead atoms. The molecule has 3 rings (SSSR count). The summed E-state index contributed by atoms with van der Waals surface area (Å²) in [4.78, 5) is 15.6. The van der Waals surface area contributed by atoms with Crippen LogP contribution in [0.4, 0.5) is 5.69 Å². The Kier molecular flexibility index (Phi) is 8.54. The van der Waals surface area contributed by atoms with Gasteiger partial charge in [-0.1, -0.05) is 43.7 Å². The lowest BCUT2D eigenvalue weighted by Crippen LogP contribution is -2.49. The number of piperidine rings is 1. The first-order valence-corrected chi connectivity index (χ1v) is 13.7. The quantitative estimate of drug-likeness (QED) is 0.597. The second-order valence-electron chi connectivity index (χ2n) is 9.20. The molecule has 1 heterocycles. The lowest BCUT2D eigenvalue weighted by Gasteiger charge is -2.30. The van der Waals surface area contributed by atoms with Crippen LogP contribution in [0, 0.1) is 13.8 Å². The molecule has 1 fully saturated rings. The van der Waals surface area contributed by atoms with E-state index in [1.807, 2.05) is 51.1 Å². The van der Waals surface area contributed by atoms with Crippen molar-refractivity contribution >= 4 is 21.6 Å². The fraction of sp³-hybridized carbons (Fsp3) is 0.500. The molecule has 0 aromatic heterocycles. The lowest BCUT2D eigenvalue weighted by molar-refractivity contribution is -0.122. The van der Waals surface area contributed by atoms with Crippen molar-refractivity contribution in [2.75, 3.05) is 23.7 Å². The number of rotatable bonds is 9. The molecule has 1 aliphatic rings. The van der Waals surface area contributed by atoms with E-state index in [9.17, 15) is 13.2 Å². The van der Waals surface area contributed by atoms with Crippen molar-refractivity contribution in [1.82, 2.24) is 10.2 Å². The summed E-state index contributed by atoms with van der Waals surface area (Å²) in [5.41, 5.74) is 4.71. The minimum absolute atomic E-state index is 0.292. The Morgan fingerprint density at radius 3 is 2.12 bits per heavy atom. The fourth-order valence-electron chi connectivity index (χ4n) is 4.58. The molecule has 33 heavy (non-hydrogen) atoms. The van der Waals surface area contributed by atoms with Crippen LogP contribution in [0.1, 0.15) is 54.9 Å². The number of benzene rings is 2. The summed E-state index contributed by atoms with van der Waals surface area (Å²) in [5, 5.41) is 2.95. The number of carbonyl (C=O) groups excluding carboxylic acids is 1. The van der Waals surface area contributed by atoms with Crippen LogP contribution in [0.3, 0.4) is 0 Å². The van der Waals surface area contributed by atoms with Crippen LogP contribution in [0.5, 0.6) is 0 Å². The van der Waals surface area contributed by atoms with Crippen molar-refractivity contribution in [3.8, 4) is 0 Å². The average molecular weight is 472 g/mol. The maximum Gasteiger partial charge on any atom is 0.244 e. The summed E-state index contributed by atoms with van der Waals surface area (Å²) in [6.45, 7) is 9.33. The molecule has 1 amide bonds. The molecule has 7 heteroatoms. The zero-order valence-corrected chi connectivity index (χ0v) is 21.1. The average Bonchev–Trinajstić information content (AvgIpc) is 2.75. The molecule has 0 spiro atoms. The van der Waals surface area contributed by atoms with Gasteiger partial charge in [-0.05, 0) is 80.6 Å². The monoisotopic (exact) mass is 471 g/mol. The molecule has 1 saturated heterocycles. The summed E-state index contributed by atoms with van der Waals surface area (Å²) < 4.78 is 26.6. The van der Waals surface area contributed by atoms with Gasteiger partial charge in [0, 0.05) is 13.1 Å². The Labute approximate surface area is 199 Å². The molecule has 0 radical (unpaired) electrons. The van der Waals surface area contributed by atoms with Crippen LogP contribution in [-0.4, -0.2) is 44.6 Å². The predicted molar refractivity (Wildman–Crippen MR) is 135 cm³/mol. The standard InChI is InChI=1S/C26H37N3O3S/c1-5-25(29(33(4,31)32)24-16-20(2)15-21(3)17-24)26(30)27-18-22-9-11-23(12-10-22)19-28-13-7-6-8-14-28/h9-12,15-17,25H,5-8,13-14,18-19H2,1-4H3,(H,27,30)/t25-/m1/s1. The van der Waals surface area contributed by atoms with Gasteiger partial charge in [-0.25, -0.2) is 8.42 Å². The Hall–Kier alpha value is -2.38. The van der Waals surface area contributed by atoms with Crippen LogP contribution in [0.2, 0.25) is 0 Å². The van der Waals surface area contributed by atoms with Crippen molar-refractivity contribution in [3.05, 3.63) is 64.7 Å². The number of nitrogens with one attached hydrogen (secondary N) is 1. The van der Waals surface area contributed by atoms with Gasteiger partial charge in [-0.2, -0.15) is 0 Å². The van der Waals surface area contributed by atoms with Crippen molar-refractivity contribution < 1.29 is 13.2 Å². The normalized spacial score (nSPS) is 15.8. The summed E-state index contributed by atoms with van der Waals surface area (Å²) in [6.07, 6.45) is 5.40. The van der Waals surface area contributed by atoms with Gasteiger partial charge in [0.2, 0.25) is 15.9 Å². The number of sulfonamides is 1. The largest absolute Gasteiger partial charge is 0.350 e. The number of amides is 1. The van der Waals surface area contributed by atoms with E-state index in [1.165, 1.54) is 29.1 Å². The van der Waals surface area contributed by atoms with Gasteiger partial charge in [-0.3, -0.25) is 14.0 Å². The van der Waals surface area contributed by atoms with Gasteiger partial charge >= 0.3 is 0 Å². The maximum absolute atomic E-state index is 13.1. The molecular formula is C26H37N3O3S. The van der Waals surface area contributed by atoms with Gasteiger partial charge in [0.25, 0.3) is 0 Å².